The molecule has 0 N–H and O–H groups in total. The van der Waals surface area contributed by atoms with Crippen molar-refractivity contribution in [1.29, 1.82) is 0 Å². The van der Waals surface area contributed by atoms with Crippen molar-refractivity contribution >= 4 is 0 Å². The van der Waals surface area contributed by atoms with E-state index < -0.39 is 0 Å². The Morgan fingerprint density at radius 2 is 2.04 bits per heavy atom. The molecule has 2 heteroatoms. The average molecular weight is 334 g/mol. The predicted molar refractivity (Wildman–Crippen MR) is 106 cm³/mol. The Hall–Kier alpha value is -1.02. The van der Waals surface area contributed by atoms with E-state index >= 15 is 0 Å². The van der Waals surface area contributed by atoms with Crippen LogP contribution >= 0.6 is 0 Å². The Bertz CT molecular complexity index is 449. The van der Waals surface area contributed by atoms with Gasteiger partial charge in [0.1, 0.15) is 0 Å². The van der Waals surface area contributed by atoms with Crippen LogP contribution < -0.4 is 0 Å². The standard InChI is InChI=1S/C22H39NO/c1-18(2)9-8-10-19(3)15-16-23(17-22(4,5)6)20-11-13-21(24-7)14-12-20/h9,11-13,19,21H,8,10,14-17H2,1-7H3. The van der Waals surface area contributed by atoms with Gasteiger partial charge in [0.25, 0.3) is 0 Å². The van der Waals surface area contributed by atoms with Gasteiger partial charge in [0.2, 0.25) is 0 Å². The quantitative estimate of drug-likeness (QED) is 0.482. The maximum atomic E-state index is 5.43. The molecule has 2 atom stereocenters. The third kappa shape index (κ3) is 8.73. The summed E-state index contributed by atoms with van der Waals surface area (Å²) in [4.78, 5) is 2.57. The third-order valence-electron chi connectivity index (χ3n) is 4.48. The van der Waals surface area contributed by atoms with E-state index in [0.29, 0.717) is 5.41 Å². The van der Waals surface area contributed by atoms with Crippen LogP contribution in [-0.4, -0.2) is 31.2 Å². The molecule has 138 valence electrons. The van der Waals surface area contributed by atoms with E-state index in [-0.39, 0.29) is 6.10 Å². The van der Waals surface area contributed by atoms with Crippen LogP contribution in [0.1, 0.15) is 67.2 Å². The smallest absolute Gasteiger partial charge is 0.0791 e. The fraction of sp³-hybridized carbons (Fsp3) is 0.727. The summed E-state index contributed by atoms with van der Waals surface area (Å²) in [5.41, 5.74) is 3.11. The van der Waals surface area contributed by atoms with Gasteiger partial charge in [-0.05, 0) is 56.9 Å². The molecule has 2 nitrogen and oxygen atoms in total. The number of ether oxygens (including phenoxy) is 1. The first-order chi connectivity index (χ1) is 11.2. The SMILES string of the molecule is COC1C=CC(N(CCC(C)CCC=C(C)C)CC(C)(C)C)=CC1. The predicted octanol–water partition coefficient (Wildman–Crippen LogP) is 5.97. The third-order valence-corrected chi connectivity index (χ3v) is 4.48. The molecule has 24 heavy (non-hydrogen) atoms. The van der Waals surface area contributed by atoms with Gasteiger partial charge in [0, 0.05) is 25.9 Å². The van der Waals surface area contributed by atoms with Gasteiger partial charge < -0.3 is 9.64 Å². The molecule has 1 rings (SSSR count). The number of hydrogen-bond donors (Lipinski definition) is 0. The molecule has 0 aromatic rings. The van der Waals surface area contributed by atoms with Crippen LogP contribution in [-0.2, 0) is 4.74 Å². The van der Waals surface area contributed by atoms with Crippen molar-refractivity contribution in [2.45, 2.75) is 73.3 Å². The number of rotatable bonds is 9. The molecule has 1 aliphatic carbocycles. The van der Waals surface area contributed by atoms with Crippen molar-refractivity contribution in [2.24, 2.45) is 11.3 Å². The summed E-state index contributed by atoms with van der Waals surface area (Å²) in [5.74, 6) is 0.767. The maximum absolute atomic E-state index is 5.43. The molecule has 1 aliphatic rings. The zero-order valence-electron chi connectivity index (χ0n) is 17.1. The first kappa shape index (κ1) is 21.0. The summed E-state index contributed by atoms with van der Waals surface area (Å²) in [5, 5.41) is 0. The van der Waals surface area contributed by atoms with Crippen LogP contribution in [0.25, 0.3) is 0 Å². The molecule has 0 aliphatic heterocycles. The van der Waals surface area contributed by atoms with E-state index in [4.69, 9.17) is 4.74 Å². The summed E-state index contributed by atoms with van der Waals surface area (Å²) in [6, 6.07) is 0. The van der Waals surface area contributed by atoms with E-state index in [2.05, 4.69) is 70.7 Å². The highest BCUT2D eigenvalue weighted by molar-refractivity contribution is 5.23. The summed E-state index contributed by atoms with van der Waals surface area (Å²) in [6.45, 7) is 16.0. The molecule has 0 spiro atoms. The summed E-state index contributed by atoms with van der Waals surface area (Å²) in [7, 11) is 1.79. The fourth-order valence-corrected chi connectivity index (χ4v) is 3.05. The Balaban J connectivity index is 2.59. The lowest BCUT2D eigenvalue weighted by atomic mass is 9.94. The van der Waals surface area contributed by atoms with Gasteiger partial charge in [-0.2, -0.15) is 0 Å². The second-order valence-electron chi connectivity index (χ2n) is 8.73. The van der Waals surface area contributed by atoms with E-state index in [1.165, 1.54) is 30.5 Å². The van der Waals surface area contributed by atoms with E-state index in [0.717, 1.165) is 25.4 Å². The van der Waals surface area contributed by atoms with Crippen molar-refractivity contribution in [3.63, 3.8) is 0 Å². The lowest BCUT2D eigenvalue weighted by molar-refractivity contribution is 0.140. The van der Waals surface area contributed by atoms with Crippen molar-refractivity contribution < 1.29 is 4.74 Å². The van der Waals surface area contributed by atoms with Crippen molar-refractivity contribution in [3.8, 4) is 0 Å². The highest BCUT2D eigenvalue weighted by Gasteiger charge is 2.20. The van der Waals surface area contributed by atoms with Crippen LogP contribution in [0, 0.1) is 11.3 Å². The van der Waals surface area contributed by atoms with Gasteiger partial charge in [0.05, 0.1) is 6.10 Å². The van der Waals surface area contributed by atoms with Crippen LogP contribution in [0.15, 0.2) is 35.6 Å². The highest BCUT2D eigenvalue weighted by Crippen LogP contribution is 2.24. The Morgan fingerprint density at radius 3 is 2.54 bits per heavy atom. The average Bonchev–Trinajstić information content (AvgIpc) is 2.50. The molecule has 0 saturated heterocycles. The zero-order valence-corrected chi connectivity index (χ0v) is 17.1. The molecule has 0 aromatic carbocycles. The Morgan fingerprint density at radius 1 is 1.33 bits per heavy atom. The fourth-order valence-electron chi connectivity index (χ4n) is 3.05. The molecular weight excluding hydrogens is 294 g/mol. The van der Waals surface area contributed by atoms with Crippen LogP contribution in [0.5, 0.6) is 0 Å². The second-order valence-corrected chi connectivity index (χ2v) is 8.73. The molecule has 0 fully saturated rings. The zero-order chi connectivity index (χ0) is 18.2. The lowest BCUT2D eigenvalue weighted by Gasteiger charge is -2.34. The monoisotopic (exact) mass is 333 g/mol. The normalized spacial score (nSPS) is 19.0. The van der Waals surface area contributed by atoms with Gasteiger partial charge >= 0.3 is 0 Å². The first-order valence-electron chi connectivity index (χ1n) is 9.50. The minimum atomic E-state index is 0.244. The number of allylic oxidation sites excluding steroid dienone is 3. The van der Waals surface area contributed by atoms with E-state index in [1.54, 1.807) is 7.11 Å². The number of nitrogens with zero attached hydrogens (tertiary/aromatic N) is 1. The van der Waals surface area contributed by atoms with E-state index in [9.17, 15) is 0 Å². The molecule has 2 unspecified atom stereocenters. The lowest BCUT2D eigenvalue weighted by Crippen LogP contribution is -2.34. The molecule has 0 heterocycles. The minimum Gasteiger partial charge on any atom is -0.377 e. The number of methoxy groups -OCH3 is 1. The molecule has 0 radical (unpaired) electrons. The highest BCUT2D eigenvalue weighted by atomic mass is 16.5. The summed E-state index contributed by atoms with van der Waals surface area (Å²) in [6.07, 6.45) is 14.1. The summed E-state index contributed by atoms with van der Waals surface area (Å²) < 4.78 is 5.43. The minimum absolute atomic E-state index is 0.244. The van der Waals surface area contributed by atoms with E-state index in [1.807, 2.05) is 0 Å². The summed E-state index contributed by atoms with van der Waals surface area (Å²) >= 11 is 0. The van der Waals surface area contributed by atoms with Gasteiger partial charge in [-0.3, -0.25) is 0 Å². The Labute approximate surface area is 150 Å². The largest absolute Gasteiger partial charge is 0.377 e. The van der Waals surface area contributed by atoms with Gasteiger partial charge in [-0.25, -0.2) is 0 Å². The van der Waals surface area contributed by atoms with Gasteiger partial charge in [-0.1, -0.05) is 51.5 Å². The topological polar surface area (TPSA) is 12.5 Å². The first-order valence-corrected chi connectivity index (χ1v) is 9.50. The molecule has 0 bridgehead atoms. The number of hydrogen-bond acceptors (Lipinski definition) is 2. The van der Waals surface area contributed by atoms with Crippen LogP contribution in [0.3, 0.4) is 0 Å². The maximum Gasteiger partial charge on any atom is 0.0791 e. The van der Waals surface area contributed by atoms with Gasteiger partial charge in [0.15, 0.2) is 0 Å². The van der Waals surface area contributed by atoms with Gasteiger partial charge in [-0.15, -0.1) is 0 Å². The van der Waals surface area contributed by atoms with Crippen LogP contribution in [0.2, 0.25) is 0 Å². The van der Waals surface area contributed by atoms with Crippen molar-refractivity contribution in [1.82, 2.24) is 4.90 Å². The molecular formula is C22H39NO. The van der Waals surface area contributed by atoms with Crippen molar-refractivity contribution in [3.05, 3.63) is 35.6 Å². The van der Waals surface area contributed by atoms with Crippen LogP contribution in [0.4, 0.5) is 0 Å². The molecule has 0 saturated carbocycles. The molecule has 0 aromatic heterocycles. The Kier molecular flexibility index (Phi) is 8.83. The molecule has 0 amide bonds. The second kappa shape index (κ2) is 10.1. The van der Waals surface area contributed by atoms with Crippen molar-refractivity contribution in [2.75, 3.05) is 20.2 Å².